The quantitative estimate of drug-likeness (QED) is 0.653. The molecule has 0 aromatic heterocycles. The topological polar surface area (TPSA) is 50.7 Å². The van der Waals surface area contributed by atoms with Crippen molar-refractivity contribution in [1.29, 1.82) is 0 Å². The highest BCUT2D eigenvalue weighted by molar-refractivity contribution is 6.36. The first-order valence-electron chi connectivity index (χ1n) is 4.56. The first-order valence-corrected chi connectivity index (χ1v) is 4.56. The predicted octanol–water partition coefficient (Wildman–Crippen LogP) is 1.07. The number of hydrogen-bond donors (Lipinski definition) is 1. The summed E-state index contributed by atoms with van der Waals surface area (Å²) >= 11 is 0. The van der Waals surface area contributed by atoms with Crippen molar-refractivity contribution in [1.82, 2.24) is 5.43 Å². The van der Waals surface area contributed by atoms with Gasteiger partial charge in [0.2, 0.25) is 0 Å². The maximum Gasteiger partial charge on any atom is 0.354 e. The molecule has 0 aromatic carbocycles. The molecular formula is C9H16N2O2. The fraction of sp³-hybridized carbons (Fsp3) is 0.778. The minimum Gasteiger partial charge on any atom is -0.461 e. The van der Waals surface area contributed by atoms with Crippen LogP contribution in [-0.2, 0) is 9.53 Å². The molecule has 0 saturated heterocycles. The highest BCUT2D eigenvalue weighted by Crippen LogP contribution is 2.16. The van der Waals surface area contributed by atoms with E-state index in [-0.39, 0.29) is 11.5 Å². The van der Waals surface area contributed by atoms with Crippen LogP contribution in [0.25, 0.3) is 0 Å². The SMILES string of the molecule is CCOC(=O)C1=NNC(C)(C)CC1. The van der Waals surface area contributed by atoms with E-state index in [2.05, 4.69) is 24.4 Å². The van der Waals surface area contributed by atoms with E-state index in [0.29, 0.717) is 18.7 Å². The Morgan fingerprint density at radius 3 is 2.85 bits per heavy atom. The average Bonchev–Trinajstić information content (AvgIpc) is 2.04. The normalized spacial score (nSPS) is 20.1. The average molecular weight is 184 g/mol. The number of nitrogens with zero attached hydrogens (tertiary/aromatic N) is 1. The third-order valence-electron chi connectivity index (χ3n) is 1.99. The van der Waals surface area contributed by atoms with Crippen LogP contribution in [0.3, 0.4) is 0 Å². The predicted molar refractivity (Wildman–Crippen MR) is 50.5 cm³/mol. The maximum absolute atomic E-state index is 11.2. The number of carbonyl (C=O) groups excluding carboxylic acids is 1. The van der Waals surface area contributed by atoms with Crippen LogP contribution >= 0.6 is 0 Å². The van der Waals surface area contributed by atoms with Gasteiger partial charge in [0, 0.05) is 12.0 Å². The summed E-state index contributed by atoms with van der Waals surface area (Å²) in [6.07, 6.45) is 1.60. The molecule has 0 amide bonds. The summed E-state index contributed by atoms with van der Waals surface area (Å²) in [5.41, 5.74) is 3.43. The van der Waals surface area contributed by atoms with Gasteiger partial charge in [-0.3, -0.25) is 0 Å². The number of rotatable bonds is 2. The van der Waals surface area contributed by atoms with Crippen molar-refractivity contribution in [3.8, 4) is 0 Å². The summed E-state index contributed by atoms with van der Waals surface area (Å²) in [4.78, 5) is 11.2. The fourth-order valence-electron chi connectivity index (χ4n) is 1.12. The molecule has 74 valence electrons. The van der Waals surface area contributed by atoms with E-state index in [4.69, 9.17) is 4.74 Å². The molecule has 0 radical (unpaired) electrons. The second kappa shape index (κ2) is 3.77. The summed E-state index contributed by atoms with van der Waals surface area (Å²) in [6.45, 7) is 6.30. The number of carbonyl (C=O) groups is 1. The Bertz CT molecular complexity index is 234. The number of hydrazone groups is 1. The lowest BCUT2D eigenvalue weighted by atomic mass is 9.96. The molecule has 1 aliphatic rings. The van der Waals surface area contributed by atoms with Crippen LogP contribution in [0.2, 0.25) is 0 Å². The van der Waals surface area contributed by atoms with Crippen LogP contribution < -0.4 is 5.43 Å². The molecule has 1 N–H and O–H groups in total. The molecule has 1 rings (SSSR count). The second-order valence-electron chi connectivity index (χ2n) is 3.77. The summed E-state index contributed by atoms with van der Waals surface area (Å²) in [7, 11) is 0. The zero-order chi connectivity index (χ0) is 9.90. The van der Waals surface area contributed by atoms with Gasteiger partial charge in [-0.15, -0.1) is 0 Å². The number of esters is 1. The highest BCUT2D eigenvalue weighted by Gasteiger charge is 2.25. The molecular weight excluding hydrogens is 168 g/mol. The van der Waals surface area contributed by atoms with E-state index >= 15 is 0 Å². The van der Waals surface area contributed by atoms with Crippen molar-refractivity contribution in [2.24, 2.45) is 5.10 Å². The van der Waals surface area contributed by atoms with Gasteiger partial charge >= 0.3 is 5.97 Å². The van der Waals surface area contributed by atoms with Crippen LogP contribution in [-0.4, -0.2) is 23.8 Å². The summed E-state index contributed by atoms with van der Waals surface area (Å²) in [5, 5.41) is 3.99. The van der Waals surface area contributed by atoms with Gasteiger partial charge in [-0.25, -0.2) is 4.79 Å². The van der Waals surface area contributed by atoms with E-state index in [1.807, 2.05) is 0 Å². The van der Waals surface area contributed by atoms with Crippen molar-refractivity contribution in [3.05, 3.63) is 0 Å². The number of hydrogen-bond acceptors (Lipinski definition) is 4. The van der Waals surface area contributed by atoms with Gasteiger partial charge in [0.15, 0.2) is 0 Å². The van der Waals surface area contributed by atoms with Crippen LogP contribution in [0.4, 0.5) is 0 Å². The van der Waals surface area contributed by atoms with E-state index < -0.39 is 0 Å². The van der Waals surface area contributed by atoms with Gasteiger partial charge < -0.3 is 10.2 Å². The molecule has 0 saturated carbocycles. The maximum atomic E-state index is 11.2. The summed E-state index contributed by atoms with van der Waals surface area (Å²) < 4.78 is 4.84. The van der Waals surface area contributed by atoms with Gasteiger partial charge in [-0.05, 0) is 27.2 Å². The summed E-state index contributed by atoms with van der Waals surface area (Å²) in [5.74, 6) is -0.300. The van der Waals surface area contributed by atoms with Crippen molar-refractivity contribution in [2.45, 2.75) is 39.2 Å². The molecule has 0 aliphatic carbocycles. The van der Waals surface area contributed by atoms with Gasteiger partial charge in [0.05, 0.1) is 6.61 Å². The Hall–Kier alpha value is -1.06. The molecule has 4 heteroatoms. The molecule has 0 spiro atoms. The van der Waals surface area contributed by atoms with E-state index in [9.17, 15) is 4.79 Å². The fourth-order valence-corrected chi connectivity index (χ4v) is 1.12. The third kappa shape index (κ3) is 2.72. The Morgan fingerprint density at radius 2 is 2.38 bits per heavy atom. The lowest BCUT2D eigenvalue weighted by Gasteiger charge is -2.28. The molecule has 0 bridgehead atoms. The smallest absolute Gasteiger partial charge is 0.354 e. The van der Waals surface area contributed by atoms with E-state index in [1.54, 1.807) is 6.92 Å². The zero-order valence-corrected chi connectivity index (χ0v) is 8.39. The standard InChI is InChI=1S/C9H16N2O2/c1-4-13-8(12)7-5-6-9(2,3)11-10-7/h11H,4-6H2,1-3H3. The number of nitrogens with one attached hydrogen (secondary N) is 1. The molecule has 0 fully saturated rings. The van der Waals surface area contributed by atoms with Crippen molar-refractivity contribution < 1.29 is 9.53 Å². The van der Waals surface area contributed by atoms with Gasteiger partial charge in [-0.1, -0.05) is 0 Å². The van der Waals surface area contributed by atoms with Gasteiger partial charge in [0.1, 0.15) is 5.71 Å². The van der Waals surface area contributed by atoms with E-state index in [0.717, 1.165) is 6.42 Å². The van der Waals surface area contributed by atoms with Crippen LogP contribution in [0.15, 0.2) is 5.10 Å². The Balaban J connectivity index is 2.55. The van der Waals surface area contributed by atoms with Crippen LogP contribution in [0, 0.1) is 0 Å². The monoisotopic (exact) mass is 184 g/mol. The first-order chi connectivity index (χ1) is 6.05. The number of ether oxygens (including phenoxy) is 1. The Labute approximate surface area is 78.3 Å². The Kier molecular flexibility index (Phi) is 2.90. The lowest BCUT2D eigenvalue weighted by molar-refractivity contribution is -0.135. The van der Waals surface area contributed by atoms with Gasteiger partial charge in [-0.2, -0.15) is 5.10 Å². The molecule has 1 aliphatic heterocycles. The van der Waals surface area contributed by atoms with Crippen molar-refractivity contribution in [3.63, 3.8) is 0 Å². The molecule has 1 heterocycles. The van der Waals surface area contributed by atoms with Crippen LogP contribution in [0.5, 0.6) is 0 Å². The molecule has 13 heavy (non-hydrogen) atoms. The summed E-state index contributed by atoms with van der Waals surface area (Å²) in [6, 6.07) is 0. The zero-order valence-electron chi connectivity index (χ0n) is 8.39. The largest absolute Gasteiger partial charge is 0.461 e. The molecule has 0 unspecified atom stereocenters. The van der Waals surface area contributed by atoms with Crippen molar-refractivity contribution >= 4 is 11.7 Å². The van der Waals surface area contributed by atoms with Crippen molar-refractivity contribution in [2.75, 3.05) is 6.61 Å². The third-order valence-corrected chi connectivity index (χ3v) is 1.99. The molecule has 0 atom stereocenters. The van der Waals surface area contributed by atoms with E-state index in [1.165, 1.54) is 0 Å². The molecule has 0 aromatic rings. The minimum absolute atomic E-state index is 0.00397. The molecule has 4 nitrogen and oxygen atoms in total. The lowest BCUT2D eigenvalue weighted by Crippen LogP contribution is -2.42. The van der Waals surface area contributed by atoms with Gasteiger partial charge in [0.25, 0.3) is 0 Å². The highest BCUT2D eigenvalue weighted by atomic mass is 16.5. The second-order valence-corrected chi connectivity index (χ2v) is 3.77. The first kappa shape index (κ1) is 10.0. The van der Waals surface area contributed by atoms with Crippen LogP contribution in [0.1, 0.15) is 33.6 Å². The minimum atomic E-state index is -0.300. The Morgan fingerprint density at radius 1 is 1.69 bits per heavy atom.